The monoisotopic (exact) mass is 372 g/mol. The van der Waals surface area contributed by atoms with Gasteiger partial charge in [0.25, 0.3) is 5.91 Å². The molecule has 1 amide bonds. The first-order valence-corrected chi connectivity index (χ1v) is 8.31. The van der Waals surface area contributed by atoms with Crippen LogP contribution in [0.25, 0.3) is 6.08 Å². The van der Waals surface area contributed by atoms with Crippen LogP contribution in [0.5, 0.6) is 0 Å². The number of para-hydroxylation sites is 1. The van der Waals surface area contributed by atoms with Crippen LogP contribution in [0, 0.1) is 0 Å². The highest BCUT2D eigenvalue weighted by Gasteiger charge is 2.30. The molecule has 0 N–H and O–H groups in total. The van der Waals surface area contributed by atoms with E-state index in [4.69, 9.17) is 0 Å². The van der Waals surface area contributed by atoms with E-state index >= 15 is 0 Å². The van der Waals surface area contributed by atoms with Gasteiger partial charge in [-0.1, -0.05) is 46.3 Å². The van der Waals surface area contributed by atoms with Crippen molar-refractivity contribution < 1.29 is 4.79 Å². The number of benzene rings is 2. The minimum absolute atomic E-state index is 0.0281. The molecule has 0 radical (unpaired) electrons. The third kappa shape index (κ3) is 3.31. The smallest absolute Gasteiger partial charge is 0.266 e. The first-order valence-electron chi connectivity index (χ1n) is 6.70. The van der Waals surface area contributed by atoms with Crippen LogP contribution in [0.2, 0.25) is 0 Å². The molecular formula is C17H13BrN2OS. The lowest BCUT2D eigenvalue weighted by Crippen LogP contribution is -2.23. The van der Waals surface area contributed by atoms with E-state index in [2.05, 4.69) is 20.9 Å². The molecule has 110 valence electrons. The molecule has 0 bridgehead atoms. The molecule has 1 heterocycles. The van der Waals surface area contributed by atoms with Gasteiger partial charge in [-0.3, -0.25) is 9.69 Å². The van der Waals surface area contributed by atoms with Gasteiger partial charge in [0.05, 0.1) is 10.6 Å². The second-order valence-electron chi connectivity index (χ2n) is 4.76. The van der Waals surface area contributed by atoms with Gasteiger partial charge in [-0.2, -0.15) is 0 Å². The summed E-state index contributed by atoms with van der Waals surface area (Å²) < 4.78 is 0.990. The summed E-state index contributed by atoms with van der Waals surface area (Å²) in [5, 5.41) is 0.692. The SMILES string of the molecule is CN1C(=O)/C(=C\c2cccc(Br)c2)SC1=Nc1ccccc1. The van der Waals surface area contributed by atoms with Gasteiger partial charge in [-0.05, 0) is 47.7 Å². The topological polar surface area (TPSA) is 32.7 Å². The summed E-state index contributed by atoms with van der Waals surface area (Å²) in [6.45, 7) is 0. The van der Waals surface area contributed by atoms with Crippen LogP contribution in [0.3, 0.4) is 0 Å². The fourth-order valence-electron chi connectivity index (χ4n) is 2.01. The van der Waals surface area contributed by atoms with E-state index < -0.39 is 0 Å². The van der Waals surface area contributed by atoms with Crippen molar-refractivity contribution in [3.05, 3.63) is 69.5 Å². The second-order valence-corrected chi connectivity index (χ2v) is 6.68. The molecule has 0 aliphatic carbocycles. The van der Waals surface area contributed by atoms with Crippen molar-refractivity contribution in [2.24, 2.45) is 4.99 Å². The van der Waals surface area contributed by atoms with Gasteiger partial charge >= 0.3 is 0 Å². The van der Waals surface area contributed by atoms with E-state index in [-0.39, 0.29) is 5.91 Å². The first kappa shape index (κ1) is 15.1. The van der Waals surface area contributed by atoms with Crippen LogP contribution >= 0.6 is 27.7 Å². The lowest BCUT2D eigenvalue weighted by atomic mass is 10.2. The van der Waals surface area contributed by atoms with E-state index in [9.17, 15) is 4.79 Å². The maximum absolute atomic E-state index is 12.3. The van der Waals surface area contributed by atoms with Crippen molar-refractivity contribution in [1.29, 1.82) is 0 Å². The Hall–Kier alpha value is -1.85. The summed E-state index contributed by atoms with van der Waals surface area (Å²) in [5.74, 6) is -0.0281. The molecule has 22 heavy (non-hydrogen) atoms. The number of carbonyl (C=O) groups is 1. The summed E-state index contributed by atoms with van der Waals surface area (Å²) in [6, 6.07) is 17.5. The molecule has 0 saturated carbocycles. The molecule has 3 nitrogen and oxygen atoms in total. The zero-order valence-corrected chi connectivity index (χ0v) is 14.3. The van der Waals surface area contributed by atoms with E-state index in [1.165, 1.54) is 11.8 Å². The van der Waals surface area contributed by atoms with E-state index in [1.807, 2.05) is 60.7 Å². The number of amidine groups is 1. The van der Waals surface area contributed by atoms with E-state index in [0.29, 0.717) is 10.1 Å². The maximum atomic E-state index is 12.3. The van der Waals surface area contributed by atoms with Gasteiger partial charge in [-0.25, -0.2) is 4.99 Å². The second kappa shape index (κ2) is 6.50. The Bertz CT molecular complexity index is 771. The molecule has 0 spiro atoms. The Balaban J connectivity index is 1.90. The van der Waals surface area contributed by atoms with Crippen LogP contribution in [0.15, 0.2) is 69.0 Å². The number of nitrogens with zero attached hydrogens (tertiary/aromatic N) is 2. The van der Waals surface area contributed by atoms with Crippen LogP contribution < -0.4 is 0 Å². The zero-order valence-electron chi connectivity index (χ0n) is 11.9. The number of aliphatic imine (C=N–C) groups is 1. The predicted molar refractivity (Wildman–Crippen MR) is 96.0 cm³/mol. The molecule has 1 aliphatic heterocycles. The van der Waals surface area contributed by atoms with Crippen LogP contribution in [-0.4, -0.2) is 23.0 Å². The van der Waals surface area contributed by atoms with Crippen molar-refractivity contribution >= 4 is 50.5 Å². The molecule has 0 aromatic heterocycles. The minimum Gasteiger partial charge on any atom is -0.290 e. The Morgan fingerprint density at radius 2 is 1.91 bits per heavy atom. The largest absolute Gasteiger partial charge is 0.290 e. The number of hydrogen-bond acceptors (Lipinski definition) is 3. The molecule has 0 atom stereocenters. The van der Waals surface area contributed by atoms with E-state index in [0.717, 1.165) is 15.7 Å². The lowest BCUT2D eigenvalue weighted by Gasteiger charge is -2.06. The molecule has 1 fully saturated rings. The molecule has 0 unspecified atom stereocenters. The highest BCUT2D eigenvalue weighted by Crippen LogP contribution is 2.33. The summed E-state index contributed by atoms with van der Waals surface area (Å²) in [6.07, 6.45) is 1.89. The summed E-state index contributed by atoms with van der Waals surface area (Å²) in [4.78, 5) is 19.1. The van der Waals surface area contributed by atoms with Crippen molar-refractivity contribution in [2.75, 3.05) is 7.05 Å². The van der Waals surface area contributed by atoms with Gasteiger partial charge in [0.1, 0.15) is 0 Å². The quantitative estimate of drug-likeness (QED) is 0.716. The Kier molecular flexibility index (Phi) is 4.45. The van der Waals surface area contributed by atoms with Crippen LogP contribution in [0.4, 0.5) is 5.69 Å². The number of amides is 1. The minimum atomic E-state index is -0.0281. The third-order valence-electron chi connectivity index (χ3n) is 3.13. The normalized spacial score (nSPS) is 18.5. The van der Waals surface area contributed by atoms with Crippen molar-refractivity contribution in [3.8, 4) is 0 Å². The zero-order chi connectivity index (χ0) is 15.5. The fourth-order valence-corrected chi connectivity index (χ4v) is 3.42. The number of thioether (sulfide) groups is 1. The van der Waals surface area contributed by atoms with E-state index in [1.54, 1.807) is 11.9 Å². The van der Waals surface area contributed by atoms with Gasteiger partial charge in [-0.15, -0.1) is 0 Å². The molecular weight excluding hydrogens is 360 g/mol. The lowest BCUT2D eigenvalue weighted by molar-refractivity contribution is -0.121. The predicted octanol–water partition coefficient (Wildman–Crippen LogP) is 4.68. The van der Waals surface area contributed by atoms with Crippen molar-refractivity contribution in [1.82, 2.24) is 4.90 Å². The molecule has 2 aromatic rings. The number of rotatable bonds is 2. The van der Waals surface area contributed by atoms with Crippen LogP contribution in [-0.2, 0) is 4.79 Å². The summed E-state index contributed by atoms with van der Waals surface area (Å²) in [7, 11) is 1.75. The highest BCUT2D eigenvalue weighted by atomic mass is 79.9. The average molecular weight is 373 g/mol. The Labute approximate surface area is 141 Å². The van der Waals surface area contributed by atoms with Gasteiger partial charge in [0.15, 0.2) is 5.17 Å². The van der Waals surface area contributed by atoms with Crippen LogP contribution in [0.1, 0.15) is 5.56 Å². The number of carbonyl (C=O) groups excluding carboxylic acids is 1. The summed E-state index contributed by atoms with van der Waals surface area (Å²) in [5.41, 5.74) is 1.83. The van der Waals surface area contributed by atoms with Gasteiger partial charge in [0.2, 0.25) is 0 Å². The molecule has 1 saturated heterocycles. The standard InChI is InChI=1S/C17H13BrN2OS/c1-20-16(21)15(11-12-6-5-7-13(18)10-12)22-17(20)19-14-8-3-2-4-9-14/h2-11H,1H3/b15-11+,19-17?. The Morgan fingerprint density at radius 1 is 1.14 bits per heavy atom. The number of hydrogen-bond donors (Lipinski definition) is 0. The maximum Gasteiger partial charge on any atom is 0.266 e. The molecule has 2 aromatic carbocycles. The molecule has 5 heteroatoms. The van der Waals surface area contributed by atoms with Crippen molar-refractivity contribution in [3.63, 3.8) is 0 Å². The van der Waals surface area contributed by atoms with Crippen molar-refractivity contribution in [2.45, 2.75) is 0 Å². The average Bonchev–Trinajstić information content (AvgIpc) is 2.77. The van der Waals surface area contributed by atoms with Gasteiger partial charge < -0.3 is 0 Å². The highest BCUT2D eigenvalue weighted by molar-refractivity contribution is 9.10. The van der Waals surface area contributed by atoms with Gasteiger partial charge in [0, 0.05) is 11.5 Å². The fraction of sp³-hybridized carbons (Fsp3) is 0.0588. The molecule has 1 aliphatic rings. The number of halogens is 1. The summed E-state index contributed by atoms with van der Waals surface area (Å²) >= 11 is 4.83. The first-order chi connectivity index (χ1) is 10.6. The number of likely N-dealkylation sites (N-methyl/N-ethyl adjacent to an activating group) is 1. The molecule has 3 rings (SSSR count). The third-order valence-corrected chi connectivity index (χ3v) is 4.68. The Morgan fingerprint density at radius 3 is 2.64 bits per heavy atom.